The summed E-state index contributed by atoms with van der Waals surface area (Å²) < 4.78 is 7.60. The molecule has 6 heteroatoms. The molecule has 0 N–H and O–H groups in total. The number of hydrogen-bond donors (Lipinski definition) is 0. The molecular formula is C20H20N4O2. The Morgan fingerprint density at radius 2 is 2.00 bits per heavy atom. The highest BCUT2D eigenvalue weighted by atomic mass is 16.5. The molecule has 0 radical (unpaired) electrons. The number of rotatable bonds is 2. The van der Waals surface area contributed by atoms with Gasteiger partial charge < -0.3 is 14.0 Å². The molecule has 0 bridgehead atoms. The third kappa shape index (κ3) is 2.44. The van der Waals surface area contributed by atoms with Crippen LogP contribution in [0.25, 0.3) is 0 Å². The van der Waals surface area contributed by atoms with Crippen LogP contribution in [0, 0.1) is 0 Å². The molecule has 0 unspecified atom stereocenters. The van der Waals surface area contributed by atoms with E-state index in [1.807, 2.05) is 29.3 Å². The molecule has 5 rings (SSSR count). The number of aryl methyl sites for hydroxylation is 1. The van der Waals surface area contributed by atoms with Gasteiger partial charge in [-0.3, -0.25) is 4.79 Å². The normalized spacial score (nSPS) is 19.1. The van der Waals surface area contributed by atoms with E-state index in [1.54, 1.807) is 6.20 Å². The molecule has 0 spiro atoms. The topological polar surface area (TPSA) is 64.2 Å². The number of benzene rings is 1. The fraction of sp³-hybridized carbons (Fsp3) is 0.350. The van der Waals surface area contributed by atoms with Gasteiger partial charge >= 0.3 is 0 Å². The first-order valence-corrected chi connectivity index (χ1v) is 9.14. The second-order valence-electron chi connectivity index (χ2n) is 7.00. The molecule has 1 aliphatic heterocycles. The summed E-state index contributed by atoms with van der Waals surface area (Å²) in [5, 5.41) is 4.15. The lowest BCUT2D eigenvalue weighted by Gasteiger charge is -2.36. The van der Waals surface area contributed by atoms with Crippen LogP contribution in [0.5, 0.6) is 0 Å². The van der Waals surface area contributed by atoms with Crippen LogP contribution in [0.4, 0.5) is 0 Å². The van der Waals surface area contributed by atoms with Crippen molar-refractivity contribution >= 4 is 5.91 Å². The molecule has 2 aliphatic rings. The van der Waals surface area contributed by atoms with Gasteiger partial charge in [-0.15, -0.1) is 0 Å². The molecule has 2 aromatic heterocycles. The van der Waals surface area contributed by atoms with Gasteiger partial charge in [-0.2, -0.15) is 0 Å². The molecule has 26 heavy (non-hydrogen) atoms. The van der Waals surface area contributed by atoms with Gasteiger partial charge in [0.05, 0.1) is 12.6 Å². The lowest BCUT2D eigenvalue weighted by molar-refractivity contribution is 0.0573. The van der Waals surface area contributed by atoms with Crippen LogP contribution in [0.15, 0.2) is 47.2 Å². The molecule has 0 saturated carbocycles. The fourth-order valence-corrected chi connectivity index (χ4v) is 4.07. The van der Waals surface area contributed by atoms with Gasteiger partial charge in [0.1, 0.15) is 11.6 Å². The second kappa shape index (κ2) is 6.12. The van der Waals surface area contributed by atoms with E-state index >= 15 is 0 Å². The maximum absolute atomic E-state index is 13.4. The molecule has 1 atom stereocenters. The molecule has 1 amide bonds. The summed E-state index contributed by atoms with van der Waals surface area (Å²) in [6.07, 6.45) is 7.71. The molecule has 3 heterocycles. The Kier molecular flexibility index (Phi) is 3.62. The first kappa shape index (κ1) is 15.4. The monoisotopic (exact) mass is 348 g/mol. The lowest BCUT2D eigenvalue weighted by Crippen LogP contribution is -2.41. The van der Waals surface area contributed by atoms with Crippen molar-refractivity contribution in [3.05, 3.63) is 71.1 Å². The molecular weight excluding hydrogens is 328 g/mol. The van der Waals surface area contributed by atoms with E-state index in [4.69, 9.17) is 4.52 Å². The molecule has 0 saturated heterocycles. The van der Waals surface area contributed by atoms with Gasteiger partial charge in [0.25, 0.3) is 5.91 Å². The second-order valence-corrected chi connectivity index (χ2v) is 7.00. The molecule has 1 aliphatic carbocycles. The number of carbonyl (C=O) groups is 1. The van der Waals surface area contributed by atoms with E-state index in [0.717, 1.165) is 48.4 Å². The summed E-state index contributed by atoms with van der Waals surface area (Å²) in [6, 6.07) is 10.1. The van der Waals surface area contributed by atoms with Crippen molar-refractivity contribution in [2.45, 2.75) is 44.8 Å². The van der Waals surface area contributed by atoms with Gasteiger partial charge in [0, 0.05) is 30.9 Å². The highest BCUT2D eigenvalue weighted by Gasteiger charge is 2.35. The predicted octanol–water partition coefficient (Wildman–Crippen LogP) is 3.15. The van der Waals surface area contributed by atoms with Crippen LogP contribution in [-0.2, 0) is 25.9 Å². The Bertz CT molecular complexity index is 944. The van der Waals surface area contributed by atoms with E-state index in [9.17, 15) is 4.79 Å². The van der Waals surface area contributed by atoms with E-state index < -0.39 is 0 Å². The minimum Gasteiger partial charge on any atom is -0.360 e. The molecule has 3 aromatic rings. The van der Waals surface area contributed by atoms with Crippen molar-refractivity contribution in [1.82, 2.24) is 19.6 Å². The van der Waals surface area contributed by atoms with E-state index in [-0.39, 0.29) is 11.9 Å². The van der Waals surface area contributed by atoms with E-state index in [1.165, 1.54) is 0 Å². The average Bonchev–Trinajstić information content (AvgIpc) is 3.33. The summed E-state index contributed by atoms with van der Waals surface area (Å²) >= 11 is 0. The molecule has 1 aromatic carbocycles. The number of aromatic nitrogens is 3. The average molecular weight is 348 g/mol. The van der Waals surface area contributed by atoms with Gasteiger partial charge in [-0.05, 0) is 24.8 Å². The zero-order valence-electron chi connectivity index (χ0n) is 14.5. The summed E-state index contributed by atoms with van der Waals surface area (Å²) in [5.41, 5.74) is 2.61. The van der Waals surface area contributed by atoms with Crippen LogP contribution in [0.3, 0.4) is 0 Å². The number of nitrogens with zero attached hydrogens (tertiary/aromatic N) is 4. The fourth-order valence-electron chi connectivity index (χ4n) is 4.07. The summed E-state index contributed by atoms with van der Waals surface area (Å²) in [4.78, 5) is 19.7. The standard InChI is InChI=1S/C20H20N4O2/c25-20(19-15-8-4-5-9-17(15)26-22-19)24-13-18-21-10-11-23(18)12-16(24)14-6-2-1-3-7-14/h1-3,6-7,10-11,16H,4-5,8-9,12-13H2/t16-/m1/s1. The summed E-state index contributed by atoms with van der Waals surface area (Å²) in [7, 11) is 0. The van der Waals surface area contributed by atoms with Crippen LogP contribution < -0.4 is 0 Å². The first-order valence-electron chi connectivity index (χ1n) is 9.14. The number of hydrogen-bond acceptors (Lipinski definition) is 4. The lowest BCUT2D eigenvalue weighted by atomic mass is 9.95. The zero-order chi connectivity index (χ0) is 17.5. The Morgan fingerprint density at radius 1 is 1.15 bits per heavy atom. The first-order chi connectivity index (χ1) is 12.8. The zero-order valence-corrected chi connectivity index (χ0v) is 14.5. The third-order valence-electron chi connectivity index (χ3n) is 5.46. The minimum absolute atomic E-state index is 0.0404. The Labute approximate surface area is 151 Å². The van der Waals surface area contributed by atoms with Gasteiger partial charge in [-0.1, -0.05) is 35.5 Å². The van der Waals surface area contributed by atoms with Crippen LogP contribution in [0.1, 0.15) is 52.1 Å². The predicted molar refractivity (Wildman–Crippen MR) is 94.4 cm³/mol. The van der Waals surface area contributed by atoms with Crippen LogP contribution >= 0.6 is 0 Å². The highest BCUT2D eigenvalue weighted by molar-refractivity contribution is 5.94. The maximum Gasteiger partial charge on any atom is 0.277 e. The van der Waals surface area contributed by atoms with Crippen molar-refractivity contribution < 1.29 is 9.32 Å². The molecule has 0 fully saturated rings. The van der Waals surface area contributed by atoms with Crippen molar-refractivity contribution in [3.8, 4) is 0 Å². The number of amides is 1. The van der Waals surface area contributed by atoms with Crippen molar-refractivity contribution in [2.75, 3.05) is 0 Å². The Hall–Kier alpha value is -2.89. The van der Waals surface area contributed by atoms with Gasteiger partial charge in [0.15, 0.2) is 5.69 Å². The van der Waals surface area contributed by atoms with E-state index in [0.29, 0.717) is 18.8 Å². The number of imidazole rings is 1. The smallest absolute Gasteiger partial charge is 0.277 e. The quantitative estimate of drug-likeness (QED) is 0.714. The van der Waals surface area contributed by atoms with Crippen LogP contribution in [0.2, 0.25) is 0 Å². The highest BCUT2D eigenvalue weighted by Crippen LogP contribution is 2.32. The van der Waals surface area contributed by atoms with Crippen molar-refractivity contribution in [2.24, 2.45) is 0 Å². The maximum atomic E-state index is 13.4. The van der Waals surface area contributed by atoms with Crippen molar-refractivity contribution in [1.29, 1.82) is 0 Å². The summed E-state index contributed by atoms with van der Waals surface area (Å²) in [6.45, 7) is 1.18. The number of carbonyl (C=O) groups excluding carboxylic acids is 1. The largest absolute Gasteiger partial charge is 0.360 e. The summed E-state index contributed by atoms with van der Waals surface area (Å²) in [5.74, 6) is 1.73. The Morgan fingerprint density at radius 3 is 2.88 bits per heavy atom. The SMILES string of the molecule is O=C(c1noc2c1CCCC2)N1Cc2nccn2C[C@@H]1c1ccccc1. The number of fused-ring (bicyclic) bond motifs is 2. The molecule has 6 nitrogen and oxygen atoms in total. The van der Waals surface area contributed by atoms with Gasteiger partial charge in [0.2, 0.25) is 0 Å². The van der Waals surface area contributed by atoms with Gasteiger partial charge in [-0.25, -0.2) is 4.98 Å². The third-order valence-corrected chi connectivity index (χ3v) is 5.46. The van der Waals surface area contributed by atoms with Crippen molar-refractivity contribution in [3.63, 3.8) is 0 Å². The minimum atomic E-state index is -0.0556. The Balaban J connectivity index is 1.54. The molecule has 132 valence electrons. The van der Waals surface area contributed by atoms with Crippen LogP contribution in [-0.4, -0.2) is 25.5 Å². The van der Waals surface area contributed by atoms with E-state index in [2.05, 4.69) is 26.8 Å².